The Hall–Kier alpha value is -0.990. The van der Waals surface area contributed by atoms with Crippen molar-refractivity contribution < 1.29 is 21.8 Å². The van der Waals surface area contributed by atoms with Crippen LogP contribution in [0.4, 0.5) is 4.39 Å². The molecule has 21 heavy (non-hydrogen) atoms. The van der Waals surface area contributed by atoms with Crippen molar-refractivity contribution in [2.24, 2.45) is 0 Å². The fraction of sp³-hybridized carbons (Fsp3) is 0.417. The number of hydrogen-bond donors (Lipinski definition) is 1. The predicted molar refractivity (Wildman–Crippen MR) is 80.0 cm³/mol. The van der Waals surface area contributed by atoms with Crippen LogP contribution in [0.15, 0.2) is 17.0 Å². The van der Waals surface area contributed by atoms with Crippen LogP contribution in [0.5, 0.6) is 0 Å². The first-order chi connectivity index (χ1) is 9.54. The molecule has 1 N–H and O–H groups in total. The maximum absolute atomic E-state index is 13.9. The molecule has 2 unspecified atom stereocenters. The Kier molecular flexibility index (Phi) is 5.89. The van der Waals surface area contributed by atoms with E-state index in [1.807, 2.05) is 0 Å². The Labute approximate surface area is 129 Å². The van der Waals surface area contributed by atoms with Gasteiger partial charge in [0.05, 0.1) is 10.5 Å². The van der Waals surface area contributed by atoms with Crippen LogP contribution in [0.1, 0.15) is 22.8 Å². The van der Waals surface area contributed by atoms with Gasteiger partial charge >= 0.3 is 0 Å². The molecule has 0 spiro atoms. The van der Waals surface area contributed by atoms with E-state index in [0.717, 1.165) is 12.1 Å². The molecule has 1 aromatic rings. The SMILES string of the molecule is Cc1cc(S(=O)(=O)Cl)cc(C(=O)NCC(C)S(C)=O)c1F. The first-order valence-corrected chi connectivity index (χ1v) is 9.82. The molecular weight excluding hydrogens is 341 g/mol. The second-order valence-corrected chi connectivity index (χ2v) is 8.93. The van der Waals surface area contributed by atoms with E-state index in [4.69, 9.17) is 10.7 Å². The molecule has 0 radical (unpaired) electrons. The molecule has 1 amide bonds. The Morgan fingerprint density at radius 3 is 2.52 bits per heavy atom. The Bertz CT molecular complexity index is 691. The van der Waals surface area contributed by atoms with Crippen LogP contribution in [-0.2, 0) is 19.9 Å². The van der Waals surface area contributed by atoms with Gasteiger partial charge in [0.15, 0.2) is 0 Å². The van der Waals surface area contributed by atoms with Crippen molar-refractivity contribution in [2.75, 3.05) is 12.8 Å². The molecule has 1 rings (SSSR count). The molecule has 0 saturated heterocycles. The molecule has 0 bridgehead atoms. The van der Waals surface area contributed by atoms with Crippen molar-refractivity contribution in [3.8, 4) is 0 Å². The Morgan fingerprint density at radius 1 is 1.48 bits per heavy atom. The van der Waals surface area contributed by atoms with Gasteiger partial charge in [0.1, 0.15) is 5.82 Å². The van der Waals surface area contributed by atoms with E-state index in [1.54, 1.807) is 6.92 Å². The number of hydrogen-bond acceptors (Lipinski definition) is 4. The molecule has 0 aliphatic rings. The van der Waals surface area contributed by atoms with E-state index in [2.05, 4.69) is 5.32 Å². The molecule has 0 aliphatic carbocycles. The number of halogens is 2. The summed E-state index contributed by atoms with van der Waals surface area (Å²) < 4.78 is 47.7. The highest BCUT2D eigenvalue weighted by molar-refractivity contribution is 8.13. The zero-order valence-corrected chi connectivity index (χ0v) is 14.0. The molecule has 0 aliphatic heterocycles. The van der Waals surface area contributed by atoms with E-state index in [9.17, 15) is 21.8 Å². The zero-order chi connectivity index (χ0) is 16.4. The smallest absolute Gasteiger partial charge is 0.261 e. The Balaban J connectivity index is 3.09. The van der Waals surface area contributed by atoms with Gasteiger partial charge < -0.3 is 5.32 Å². The summed E-state index contributed by atoms with van der Waals surface area (Å²) in [6.45, 7) is 3.08. The first-order valence-electron chi connectivity index (χ1n) is 5.89. The lowest BCUT2D eigenvalue weighted by Gasteiger charge is -2.12. The molecule has 0 saturated carbocycles. The molecule has 0 heterocycles. The number of rotatable bonds is 5. The fourth-order valence-corrected chi connectivity index (χ4v) is 2.65. The average molecular weight is 356 g/mol. The summed E-state index contributed by atoms with van der Waals surface area (Å²) in [6, 6.07) is 1.94. The standard InChI is InChI=1S/C12H15ClFNO4S2/c1-7-4-9(21(13,18)19)5-10(11(7)14)12(16)15-6-8(2)20(3)17/h4-5,8H,6H2,1-3H3,(H,15,16). The lowest BCUT2D eigenvalue weighted by atomic mass is 10.1. The summed E-state index contributed by atoms with van der Waals surface area (Å²) in [7, 11) is 0.00376. The van der Waals surface area contributed by atoms with Crippen molar-refractivity contribution in [2.45, 2.75) is 24.0 Å². The predicted octanol–water partition coefficient (Wildman–Crippen LogP) is 1.56. The fourth-order valence-electron chi connectivity index (χ4n) is 1.49. The van der Waals surface area contributed by atoms with E-state index in [0.29, 0.717) is 0 Å². The molecule has 5 nitrogen and oxygen atoms in total. The van der Waals surface area contributed by atoms with E-state index in [1.165, 1.54) is 13.2 Å². The quantitative estimate of drug-likeness (QED) is 0.813. The van der Waals surface area contributed by atoms with Gasteiger partial charge in [-0.15, -0.1) is 0 Å². The summed E-state index contributed by atoms with van der Waals surface area (Å²) in [4.78, 5) is 11.6. The van der Waals surface area contributed by atoms with Crippen LogP contribution in [-0.4, -0.2) is 36.6 Å². The second-order valence-electron chi connectivity index (χ2n) is 4.56. The summed E-state index contributed by atoms with van der Waals surface area (Å²) in [6.07, 6.45) is 1.49. The van der Waals surface area contributed by atoms with Crippen LogP contribution < -0.4 is 5.32 Å². The van der Waals surface area contributed by atoms with Gasteiger partial charge in [0.2, 0.25) is 0 Å². The van der Waals surface area contributed by atoms with Gasteiger partial charge in [-0.3, -0.25) is 9.00 Å². The van der Waals surface area contributed by atoms with Gasteiger partial charge in [0, 0.05) is 39.5 Å². The molecule has 9 heteroatoms. The van der Waals surface area contributed by atoms with Gasteiger partial charge in [-0.2, -0.15) is 0 Å². The van der Waals surface area contributed by atoms with Crippen molar-refractivity contribution >= 4 is 36.4 Å². The maximum Gasteiger partial charge on any atom is 0.261 e. The minimum atomic E-state index is -4.07. The number of nitrogens with one attached hydrogen (secondary N) is 1. The highest BCUT2D eigenvalue weighted by atomic mass is 35.7. The summed E-state index contributed by atoms with van der Waals surface area (Å²) >= 11 is 0. The van der Waals surface area contributed by atoms with Gasteiger partial charge in [-0.25, -0.2) is 12.8 Å². The summed E-state index contributed by atoms with van der Waals surface area (Å²) in [5, 5.41) is 2.11. The second kappa shape index (κ2) is 6.85. The number of amides is 1. The highest BCUT2D eigenvalue weighted by Gasteiger charge is 2.20. The van der Waals surface area contributed by atoms with Gasteiger partial charge in [-0.05, 0) is 31.5 Å². The van der Waals surface area contributed by atoms with Crippen molar-refractivity contribution in [1.82, 2.24) is 5.32 Å². The maximum atomic E-state index is 13.9. The van der Waals surface area contributed by atoms with Crippen LogP contribution >= 0.6 is 10.7 Å². The number of carbonyl (C=O) groups is 1. The van der Waals surface area contributed by atoms with Crippen LogP contribution in [0, 0.1) is 12.7 Å². The van der Waals surface area contributed by atoms with Gasteiger partial charge in [-0.1, -0.05) is 0 Å². The topological polar surface area (TPSA) is 80.3 Å². The normalized spacial score (nSPS) is 14.5. The summed E-state index contributed by atoms with van der Waals surface area (Å²) in [5.74, 6) is -1.60. The van der Waals surface area contributed by atoms with E-state index in [-0.39, 0.29) is 22.3 Å². The number of carbonyl (C=O) groups excluding carboxylic acids is 1. The molecular formula is C12H15ClFNO4S2. The highest BCUT2D eigenvalue weighted by Crippen LogP contribution is 2.22. The zero-order valence-electron chi connectivity index (χ0n) is 11.6. The van der Waals surface area contributed by atoms with E-state index < -0.39 is 37.1 Å². The molecule has 118 valence electrons. The number of benzene rings is 1. The van der Waals surface area contributed by atoms with Crippen LogP contribution in [0.2, 0.25) is 0 Å². The van der Waals surface area contributed by atoms with Crippen LogP contribution in [0.3, 0.4) is 0 Å². The molecule has 0 fully saturated rings. The third-order valence-electron chi connectivity index (χ3n) is 2.87. The molecule has 2 atom stereocenters. The third kappa shape index (κ3) is 4.76. The monoisotopic (exact) mass is 355 g/mol. The first kappa shape index (κ1) is 18.1. The minimum absolute atomic E-state index is 0.00556. The lowest BCUT2D eigenvalue weighted by molar-refractivity contribution is 0.0949. The molecule has 1 aromatic carbocycles. The lowest BCUT2D eigenvalue weighted by Crippen LogP contribution is -2.33. The van der Waals surface area contributed by atoms with Crippen molar-refractivity contribution in [1.29, 1.82) is 0 Å². The van der Waals surface area contributed by atoms with Crippen molar-refractivity contribution in [3.63, 3.8) is 0 Å². The average Bonchev–Trinajstić information content (AvgIpc) is 2.37. The van der Waals surface area contributed by atoms with Gasteiger partial charge in [0.25, 0.3) is 15.0 Å². The molecule has 0 aromatic heterocycles. The number of aryl methyl sites for hydroxylation is 1. The third-order valence-corrected chi connectivity index (χ3v) is 5.50. The Morgan fingerprint density at radius 2 is 2.05 bits per heavy atom. The van der Waals surface area contributed by atoms with E-state index >= 15 is 0 Å². The minimum Gasteiger partial charge on any atom is -0.351 e. The van der Waals surface area contributed by atoms with Crippen LogP contribution in [0.25, 0.3) is 0 Å². The summed E-state index contributed by atoms with van der Waals surface area (Å²) in [5.41, 5.74) is -0.419. The van der Waals surface area contributed by atoms with Crippen molar-refractivity contribution in [3.05, 3.63) is 29.1 Å². The largest absolute Gasteiger partial charge is 0.351 e.